The maximum Gasteiger partial charge on any atom is 0.416 e. The minimum absolute atomic E-state index is 0.166. The summed E-state index contributed by atoms with van der Waals surface area (Å²) in [6.07, 6.45) is -18.6. The van der Waals surface area contributed by atoms with Crippen LogP contribution in [0, 0.1) is 0 Å². The number of alkyl halides is 12. The Morgan fingerprint density at radius 1 is 0.250 bits per heavy atom. The zero-order chi connectivity index (χ0) is 39.9. The second-order valence-corrected chi connectivity index (χ2v) is 13.0. The van der Waals surface area contributed by atoms with Crippen molar-refractivity contribution in [1.82, 2.24) is 9.97 Å². The highest BCUT2D eigenvalue weighted by atomic mass is 19.4. The molecule has 0 aliphatic carbocycles. The van der Waals surface area contributed by atoms with Crippen molar-refractivity contribution in [1.29, 1.82) is 0 Å². The molecule has 2 aromatic heterocycles. The van der Waals surface area contributed by atoms with Crippen molar-refractivity contribution in [2.24, 2.45) is 0 Å². The highest BCUT2D eigenvalue weighted by molar-refractivity contribution is 6.30. The van der Waals surface area contributed by atoms with Crippen LogP contribution in [0.1, 0.15) is 22.3 Å². The van der Waals surface area contributed by atoms with E-state index in [-0.39, 0.29) is 45.0 Å². The van der Waals surface area contributed by atoms with E-state index >= 15 is 0 Å². The molecule has 0 fully saturated rings. The fourth-order valence-corrected chi connectivity index (χ4v) is 6.90. The standard InChI is InChI=1S/C42H20F12N2/c43-39(44,45)25-9-1-21(2-10-25)35-29-17-18-31-34-32(20-19-30(33(29)34)36(55-35)22-3-11-26(12-4-22)40(46,47)48)38(24-7-15-28(16-8-24)42(52,53)54)56-37(31)23-5-13-27(14-6-23)41(49,50)51/h1-20H. The van der Waals surface area contributed by atoms with Gasteiger partial charge in [-0.3, -0.25) is 0 Å². The van der Waals surface area contributed by atoms with Gasteiger partial charge in [-0.05, 0) is 48.5 Å². The van der Waals surface area contributed by atoms with Crippen LogP contribution in [0.3, 0.4) is 0 Å². The summed E-state index contributed by atoms with van der Waals surface area (Å²) in [7, 11) is 0. The highest BCUT2D eigenvalue weighted by Crippen LogP contribution is 2.47. The largest absolute Gasteiger partial charge is 0.416 e. The molecule has 14 heteroatoms. The molecular formula is C42H20F12N2. The smallest absolute Gasteiger partial charge is 0.246 e. The van der Waals surface area contributed by atoms with Gasteiger partial charge in [0.2, 0.25) is 0 Å². The Kier molecular flexibility index (Phi) is 8.33. The predicted molar refractivity (Wildman–Crippen MR) is 187 cm³/mol. The number of nitrogens with zero attached hydrogens (tertiary/aromatic N) is 2. The van der Waals surface area contributed by atoms with Crippen LogP contribution in [-0.2, 0) is 24.7 Å². The Bertz CT molecular complexity index is 2370. The average molecular weight is 781 g/mol. The van der Waals surface area contributed by atoms with Crippen molar-refractivity contribution in [3.8, 4) is 45.0 Å². The number of halogens is 12. The number of rotatable bonds is 4. The van der Waals surface area contributed by atoms with Gasteiger partial charge in [0.05, 0.1) is 45.0 Å². The van der Waals surface area contributed by atoms with Crippen LogP contribution in [0.25, 0.3) is 77.3 Å². The monoisotopic (exact) mass is 780 g/mol. The molecule has 8 aromatic rings. The Labute approximate surface area is 308 Å². The van der Waals surface area contributed by atoms with Gasteiger partial charge >= 0.3 is 24.7 Å². The van der Waals surface area contributed by atoms with Gasteiger partial charge in [0.15, 0.2) is 0 Å². The Morgan fingerprint density at radius 3 is 0.589 bits per heavy atom. The van der Waals surface area contributed by atoms with Gasteiger partial charge in [0, 0.05) is 54.6 Å². The number of hydrogen-bond acceptors (Lipinski definition) is 2. The van der Waals surface area contributed by atoms with Crippen LogP contribution in [0.15, 0.2) is 121 Å². The van der Waals surface area contributed by atoms with Crippen LogP contribution in [0.5, 0.6) is 0 Å². The molecule has 2 heterocycles. The number of hydrogen-bond donors (Lipinski definition) is 0. The van der Waals surface area contributed by atoms with Crippen molar-refractivity contribution in [2.45, 2.75) is 24.7 Å². The Hall–Kier alpha value is -6.18. The van der Waals surface area contributed by atoms with Crippen LogP contribution in [0.2, 0.25) is 0 Å². The van der Waals surface area contributed by atoms with Crippen LogP contribution >= 0.6 is 0 Å². The van der Waals surface area contributed by atoms with Crippen molar-refractivity contribution < 1.29 is 52.7 Å². The predicted octanol–water partition coefficient (Wildman–Crippen LogP) is 14.1. The summed E-state index contributed by atoms with van der Waals surface area (Å²) in [6, 6.07) is 23.1. The molecule has 0 saturated carbocycles. The highest BCUT2D eigenvalue weighted by Gasteiger charge is 2.33. The van der Waals surface area contributed by atoms with Crippen molar-refractivity contribution in [3.05, 3.63) is 144 Å². The van der Waals surface area contributed by atoms with E-state index in [1.165, 1.54) is 48.5 Å². The lowest BCUT2D eigenvalue weighted by Crippen LogP contribution is -2.05. The van der Waals surface area contributed by atoms with Gasteiger partial charge in [0.1, 0.15) is 0 Å². The molecule has 8 rings (SSSR count). The van der Waals surface area contributed by atoms with Gasteiger partial charge < -0.3 is 0 Å². The lowest BCUT2D eigenvalue weighted by Gasteiger charge is -2.20. The third-order valence-corrected chi connectivity index (χ3v) is 9.57. The van der Waals surface area contributed by atoms with Crippen LogP contribution in [0.4, 0.5) is 52.7 Å². The molecular weight excluding hydrogens is 760 g/mol. The quantitative estimate of drug-likeness (QED) is 0.131. The molecule has 0 spiro atoms. The summed E-state index contributed by atoms with van der Waals surface area (Å²) in [6.45, 7) is 0. The van der Waals surface area contributed by atoms with Crippen molar-refractivity contribution >= 4 is 32.3 Å². The molecule has 0 aliphatic rings. The molecule has 0 bridgehead atoms. The molecule has 0 N–H and O–H groups in total. The molecule has 56 heavy (non-hydrogen) atoms. The number of aromatic nitrogens is 2. The minimum Gasteiger partial charge on any atom is -0.246 e. The van der Waals surface area contributed by atoms with Crippen LogP contribution < -0.4 is 0 Å². The lowest BCUT2D eigenvalue weighted by molar-refractivity contribution is -0.138. The molecule has 0 amide bonds. The van der Waals surface area contributed by atoms with E-state index in [1.807, 2.05) is 0 Å². The third kappa shape index (κ3) is 6.42. The van der Waals surface area contributed by atoms with Gasteiger partial charge in [-0.1, -0.05) is 72.8 Å². The van der Waals surface area contributed by atoms with E-state index < -0.39 is 47.0 Å². The Morgan fingerprint density at radius 2 is 0.429 bits per heavy atom. The molecule has 0 atom stereocenters. The van der Waals surface area contributed by atoms with E-state index in [0.717, 1.165) is 48.5 Å². The molecule has 282 valence electrons. The molecule has 0 unspecified atom stereocenters. The summed E-state index contributed by atoms with van der Waals surface area (Å²) >= 11 is 0. The normalized spacial score (nSPS) is 13.0. The second-order valence-electron chi connectivity index (χ2n) is 13.0. The maximum atomic E-state index is 13.6. The fourth-order valence-electron chi connectivity index (χ4n) is 6.90. The second kappa shape index (κ2) is 12.7. The first-order chi connectivity index (χ1) is 26.3. The summed E-state index contributed by atoms with van der Waals surface area (Å²) in [4.78, 5) is 9.63. The van der Waals surface area contributed by atoms with Crippen molar-refractivity contribution in [3.63, 3.8) is 0 Å². The van der Waals surface area contributed by atoms with Gasteiger partial charge in [-0.25, -0.2) is 9.97 Å². The summed E-state index contributed by atoms with van der Waals surface area (Å²) in [5, 5.41) is 2.47. The third-order valence-electron chi connectivity index (χ3n) is 9.57. The first kappa shape index (κ1) is 36.8. The lowest BCUT2D eigenvalue weighted by atomic mass is 9.87. The average Bonchev–Trinajstić information content (AvgIpc) is 3.15. The van der Waals surface area contributed by atoms with Gasteiger partial charge in [-0.15, -0.1) is 0 Å². The van der Waals surface area contributed by atoms with E-state index in [0.29, 0.717) is 32.3 Å². The van der Waals surface area contributed by atoms with Crippen molar-refractivity contribution in [2.75, 3.05) is 0 Å². The first-order valence-electron chi connectivity index (χ1n) is 16.5. The fraction of sp³-hybridized carbons (Fsp3) is 0.0952. The van der Waals surface area contributed by atoms with Gasteiger partial charge in [0.25, 0.3) is 0 Å². The summed E-state index contributed by atoms with van der Waals surface area (Å²) in [5.74, 6) is 0. The van der Waals surface area contributed by atoms with Crippen LogP contribution in [-0.4, -0.2) is 9.97 Å². The topological polar surface area (TPSA) is 25.8 Å². The molecule has 0 saturated heterocycles. The van der Waals surface area contributed by atoms with E-state index in [1.54, 1.807) is 24.3 Å². The minimum atomic E-state index is -4.66. The molecule has 6 aromatic carbocycles. The maximum absolute atomic E-state index is 13.6. The Balaban J connectivity index is 1.48. The summed E-state index contributed by atoms with van der Waals surface area (Å²) in [5.41, 5.74) is -2.16. The van der Waals surface area contributed by atoms with E-state index in [2.05, 4.69) is 0 Å². The molecule has 2 nitrogen and oxygen atoms in total. The summed E-state index contributed by atoms with van der Waals surface area (Å²) < 4.78 is 163. The molecule has 0 aliphatic heterocycles. The SMILES string of the molecule is FC(F)(F)c1ccc(-c2nc(-c3ccc(C(F)(F)F)cc3)c3ccc4c(-c5ccc(C(F)(F)F)cc5)nc(-c5ccc(C(F)(F)F)cc5)c5ccc2c3c54)cc1. The zero-order valence-corrected chi connectivity index (χ0v) is 28.0. The van der Waals surface area contributed by atoms with E-state index in [9.17, 15) is 52.7 Å². The number of pyridine rings is 2. The van der Waals surface area contributed by atoms with E-state index in [4.69, 9.17) is 9.97 Å². The number of benzene rings is 6. The molecule has 0 radical (unpaired) electrons. The zero-order valence-electron chi connectivity index (χ0n) is 28.0. The van der Waals surface area contributed by atoms with Gasteiger partial charge in [-0.2, -0.15) is 52.7 Å². The first-order valence-corrected chi connectivity index (χ1v) is 16.5.